The van der Waals surface area contributed by atoms with Crippen LogP contribution in [0.2, 0.25) is 0 Å². The average Bonchev–Trinajstić information content (AvgIpc) is 2.46. The summed E-state index contributed by atoms with van der Waals surface area (Å²) >= 11 is 1.87. The Balaban J connectivity index is 1.99. The van der Waals surface area contributed by atoms with Gasteiger partial charge in [-0.3, -0.25) is 4.79 Å². The molecule has 2 fully saturated rings. The minimum atomic E-state index is 0.239. The number of carbonyl (C=O) groups is 1. The Kier molecular flexibility index (Phi) is 5.37. The quantitative estimate of drug-likeness (QED) is 0.854. The van der Waals surface area contributed by atoms with Crippen molar-refractivity contribution in [3.8, 4) is 0 Å². The number of nitrogens with one attached hydrogen (secondary N) is 1. The van der Waals surface area contributed by atoms with Crippen LogP contribution in [0, 0.1) is 0 Å². The van der Waals surface area contributed by atoms with Crippen LogP contribution >= 0.6 is 11.8 Å². The van der Waals surface area contributed by atoms with Gasteiger partial charge in [0.2, 0.25) is 5.91 Å². The molecule has 0 aromatic carbocycles. The second-order valence-corrected chi connectivity index (χ2v) is 6.73. The topological polar surface area (TPSA) is 32.3 Å². The molecule has 2 aliphatic rings. The predicted octanol–water partition coefficient (Wildman–Crippen LogP) is 2.26. The van der Waals surface area contributed by atoms with Crippen molar-refractivity contribution in [3.05, 3.63) is 0 Å². The lowest BCUT2D eigenvalue weighted by molar-refractivity contribution is -0.134. The van der Waals surface area contributed by atoms with E-state index in [1.54, 1.807) is 0 Å². The molecule has 2 aliphatic heterocycles. The fourth-order valence-corrected chi connectivity index (χ4v) is 4.16. The zero-order valence-corrected chi connectivity index (χ0v) is 12.5. The van der Waals surface area contributed by atoms with E-state index in [0.717, 1.165) is 38.1 Å². The number of rotatable bonds is 3. The second-order valence-electron chi connectivity index (χ2n) is 5.42. The molecule has 0 aromatic heterocycles. The van der Waals surface area contributed by atoms with Crippen LogP contribution in [-0.4, -0.2) is 47.0 Å². The SMILES string of the molecule is CCC1CN(C(=O)C2CCCCS2)C(CC)CN1. The van der Waals surface area contributed by atoms with E-state index in [2.05, 4.69) is 24.1 Å². The summed E-state index contributed by atoms with van der Waals surface area (Å²) in [4.78, 5) is 14.8. The molecule has 3 unspecified atom stereocenters. The summed E-state index contributed by atoms with van der Waals surface area (Å²) in [6, 6.07) is 0.896. The van der Waals surface area contributed by atoms with Crippen LogP contribution in [0.5, 0.6) is 0 Å². The van der Waals surface area contributed by atoms with Crippen molar-refractivity contribution in [3.63, 3.8) is 0 Å². The Bertz CT molecular complexity index is 279. The van der Waals surface area contributed by atoms with Crippen LogP contribution in [0.4, 0.5) is 0 Å². The first-order chi connectivity index (χ1) is 8.76. The van der Waals surface area contributed by atoms with Crippen LogP contribution in [0.1, 0.15) is 46.0 Å². The highest BCUT2D eigenvalue weighted by atomic mass is 32.2. The number of hydrogen-bond donors (Lipinski definition) is 1. The molecular formula is C14H26N2OS. The highest BCUT2D eigenvalue weighted by Gasteiger charge is 2.34. The van der Waals surface area contributed by atoms with Crippen LogP contribution in [0.25, 0.3) is 0 Å². The molecular weight excluding hydrogens is 244 g/mol. The van der Waals surface area contributed by atoms with Gasteiger partial charge in [0.15, 0.2) is 0 Å². The van der Waals surface area contributed by atoms with Gasteiger partial charge in [-0.25, -0.2) is 0 Å². The lowest BCUT2D eigenvalue weighted by atomic mass is 10.0. The zero-order chi connectivity index (χ0) is 13.0. The predicted molar refractivity (Wildman–Crippen MR) is 78.0 cm³/mol. The molecule has 0 aliphatic carbocycles. The molecule has 2 saturated heterocycles. The Hall–Kier alpha value is -0.220. The summed E-state index contributed by atoms with van der Waals surface area (Å²) in [5.41, 5.74) is 0. The third-order valence-corrected chi connectivity index (χ3v) is 5.57. The minimum absolute atomic E-state index is 0.239. The van der Waals surface area contributed by atoms with Crippen molar-refractivity contribution < 1.29 is 4.79 Å². The number of nitrogens with zero attached hydrogens (tertiary/aromatic N) is 1. The lowest BCUT2D eigenvalue weighted by Crippen LogP contribution is -2.59. The van der Waals surface area contributed by atoms with E-state index in [9.17, 15) is 4.79 Å². The Morgan fingerprint density at radius 2 is 2.17 bits per heavy atom. The molecule has 0 bridgehead atoms. The van der Waals surface area contributed by atoms with Gasteiger partial charge in [-0.15, -0.1) is 11.8 Å². The average molecular weight is 270 g/mol. The zero-order valence-electron chi connectivity index (χ0n) is 11.7. The highest BCUT2D eigenvalue weighted by Crippen LogP contribution is 2.28. The fourth-order valence-electron chi connectivity index (χ4n) is 2.89. The van der Waals surface area contributed by atoms with E-state index in [-0.39, 0.29) is 5.25 Å². The molecule has 1 amide bonds. The van der Waals surface area contributed by atoms with Gasteiger partial charge in [-0.1, -0.05) is 20.3 Å². The van der Waals surface area contributed by atoms with E-state index < -0.39 is 0 Å². The number of piperazine rings is 1. The van der Waals surface area contributed by atoms with E-state index in [1.165, 1.54) is 12.8 Å². The largest absolute Gasteiger partial charge is 0.336 e. The molecule has 0 saturated carbocycles. The van der Waals surface area contributed by atoms with Gasteiger partial charge in [0.1, 0.15) is 0 Å². The summed E-state index contributed by atoms with van der Waals surface area (Å²) in [5.74, 6) is 1.57. The summed E-state index contributed by atoms with van der Waals surface area (Å²) in [6.45, 7) is 6.26. The molecule has 104 valence electrons. The number of carbonyl (C=O) groups excluding carboxylic acids is 1. The maximum absolute atomic E-state index is 12.7. The first-order valence-corrected chi connectivity index (χ1v) is 8.46. The second kappa shape index (κ2) is 6.80. The van der Waals surface area contributed by atoms with Gasteiger partial charge in [0.05, 0.1) is 5.25 Å². The van der Waals surface area contributed by atoms with Crippen LogP contribution in [-0.2, 0) is 4.79 Å². The monoisotopic (exact) mass is 270 g/mol. The summed E-state index contributed by atoms with van der Waals surface area (Å²) in [6.07, 6.45) is 5.76. The molecule has 0 radical (unpaired) electrons. The summed E-state index contributed by atoms with van der Waals surface area (Å²) in [7, 11) is 0. The van der Waals surface area contributed by atoms with Crippen molar-refractivity contribution >= 4 is 17.7 Å². The maximum atomic E-state index is 12.7. The van der Waals surface area contributed by atoms with Crippen molar-refractivity contribution in [2.45, 2.75) is 63.3 Å². The third-order valence-electron chi connectivity index (χ3n) is 4.20. The smallest absolute Gasteiger partial charge is 0.236 e. The minimum Gasteiger partial charge on any atom is -0.336 e. The van der Waals surface area contributed by atoms with E-state index in [4.69, 9.17) is 0 Å². The third kappa shape index (κ3) is 3.21. The first-order valence-electron chi connectivity index (χ1n) is 7.41. The molecule has 1 N–H and O–H groups in total. The normalized spacial score (nSPS) is 33.4. The molecule has 2 heterocycles. The number of hydrogen-bond acceptors (Lipinski definition) is 3. The van der Waals surface area contributed by atoms with Gasteiger partial charge in [0, 0.05) is 25.2 Å². The van der Waals surface area contributed by atoms with Crippen molar-refractivity contribution in [2.75, 3.05) is 18.8 Å². The van der Waals surface area contributed by atoms with Crippen LogP contribution in [0.15, 0.2) is 0 Å². The van der Waals surface area contributed by atoms with Gasteiger partial charge in [-0.2, -0.15) is 0 Å². The fraction of sp³-hybridized carbons (Fsp3) is 0.929. The summed E-state index contributed by atoms with van der Waals surface area (Å²) in [5, 5.41) is 3.80. The first kappa shape index (κ1) is 14.2. The van der Waals surface area contributed by atoms with E-state index >= 15 is 0 Å². The lowest BCUT2D eigenvalue weighted by Gasteiger charge is -2.42. The van der Waals surface area contributed by atoms with Crippen molar-refractivity contribution in [1.82, 2.24) is 10.2 Å². The van der Waals surface area contributed by atoms with E-state index in [1.807, 2.05) is 11.8 Å². The van der Waals surface area contributed by atoms with Gasteiger partial charge in [0.25, 0.3) is 0 Å². The van der Waals surface area contributed by atoms with Gasteiger partial charge < -0.3 is 10.2 Å². The van der Waals surface area contributed by atoms with Crippen molar-refractivity contribution in [2.24, 2.45) is 0 Å². The molecule has 18 heavy (non-hydrogen) atoms. The maximum Gasteiger partial charge on any atom is 0.236 e. The highest BCUT2D eigenvalue weighted by molar-refractivity contribution is 8.00. The van der Waals surface area contributed by atoms with Gasteiger partial charge >= 0.3 is 0 Å². The molecule has 4 heteroatoms. The Labute approximate surface area is 115 Å². The van der Waals surface area contributed by atoms with Crippen molar-refractivity contribution in [1.29, 1.82) is 0 Å². The standard InChI is InChI=1S/C14H26N2OS/c1-3-11-10-16(12(4-2)9-15-11)14(17)13-7-5-6-8-18-13/h11-13,15H,3-10H2,1-2H3. The van der Waals surface area contributed by atoms with E-state index in [0.29, 0.717) is 18.0 Å². The van der Waals surface area contributed by atoms with Gasteiger partial charge in [-0.05, 0) is 31.4 Å². The summed E-state index contributed by atoms with van der Waals surface area (Å²) < 4.78 is 0. The molecule has 2 rings (SSSR count). The molecule has 0 spiro atoms. The van der Waals surface area contributed by atoms with Crippen LogP contribution < -0.4 is 5.32 Å². The number of amides is 1. The molecule has 3 nitrogen and oxygen atoms in total. The molecule has 3 atom stereocenters. The molecule has 0 aromatic rings. The Morgan fingerprint density at radius 3 is 2.78 bits per heavy atom. The number of thioether (sulfide) groups is 1. The van der Waals surface area contributed by atoms with Crippen LogP contribution in [0.3, 0.4) is 0 Å². The Morgan fingerprint density at radius 1 is 1.33 bits per heavy atom.